The number of carbonyl (C=O) groups excluding carboxylic acids is 1. The first-order valence-electron chi connectivity index (χ1n) is 5.92. The van der Waals surface area contributed by atoms with Gasteiger partial charge < -0.3 is 5.32 Å². The minimum absolute atomic E-state index is 0.0480. The minimum Gasteiger partial charge on any atom is -0.351 e. The van der Waals surface area contributed by atoms with E-state index >= 15 is 0 Å². The number of alkyl halides is 4. The molecule has 0 bridgehead atoms. The van der Waals surface area contributed by atoms with Crippen LogP contribution in [-0.4, -0.2) is 17.8 Å². The zero-order valence-corrected chi connectivity index (χ0v) is 13.2. The number of carbonyl (C=O) groups is 1. The van der Waals surface area contributed by atoms with Crippen molar-refractivity contribution in [1.29, 1.82) is 0 Å². The van der Waals surface area contributed by atoms with E-state index in [2.05, 4.69) is 21.2 Å². The van der Waals surface area contributed by atoms with E-state index in [1.165, 1.54) is 12.1 Å². The Kier molecular flexibility index (Phi) is 5.89. The molecule has 0 aliphatic rings. The van der Waals surface area contributed by atoms with Gasteiger partial charge in [-0.15, -0.1) is 11.6 Å². The van der Waals surface area contributed by atoms with Gasteiger partial charge in [0, 0.05) is 16.6 Å². The molecule has 0 aliphatic heterocycles. The molecule has 1 rings (SSSR count). The second kappa shape index (κ2) is 6.80. The van der Waals surface area contributed by atoms with Crippen LogP contribution in [0.1, 0.15) is 29.8 Å². The van der Waals surface area contributed by atoms with Crippen molar-refractivity contribution in [2.45, 2.75) is 25.4 Å². The summed E-state index contributed by atoms with van der Waals surface area (Å²) in [6.45, 7) is 3.99. The van der Waals surface area contributed by atoms with Gasteiger partial charge in [-0.05, 0) is 24.1 Å². The van der Waals surface area contributed by atoms with E-state index in [4.69, 9.17) is 11.6 Å². The summed E-state index contributed by atoms with van der Waals surface area (Å²) in [6, 6.07) is 3.35. The van der Waals surface area contributed by atoms with Crippen LogP contribution in [0.3, 0.4) is 0 Å². The van der Waals surface area contributed by atoms with Crippen LogP contribution in [0.15, 0.2) is 22.7 Å². The van der Waals surface area contributed by atoms with Gasteiger partial charge in [-0.2, -0.15) is 13.2 Å². The molecule has 0 aliphatic carbocycles. The molecule has 7 heteroatoms. The van der Waals surface area contributed by atoms with Crippen LogP contribution in [0.5, 0.6) is 0 Å². The lowest BCUT2D eigenvalue weighted by atomic mass is 10.1. The maximum atomic E-state index is 12.7. The molecule has 1 atom stereocenters. The van der Waals surface area contributed by atoms with Crippen LogP contribution >= 0.6 is 27.5 Å². The summed E-state index contributed by atoms with van der Waals surface area (Å²) in [5.74, 6) is -0.415. The van der Waals surface area contributed by atoms with Gasteiger partial charge >= 0.3 is 6.18 Å². The van der Waals surface area contributed by atoms with Gasteiger partial charge in [-0.3, -0.25) is 4.79 Å². The fourth-order valence-corrected chi connectivity index (χ4v) is 1.96. The second-order valence-electron chi connectivity index (χ2n) is 4.66. The standard InChI is InChI=1S/C13H14BrClF3NO/c1-7(2)11(15)6-19-12(20)8-3-4-10(14)9(5-8)13(16,17)18/h3-5,7,11H,6H2,1-2H3,(H,19,20). The molecule has 112 valence electrons. The predicted octanol–water partition coefficient (Wildman–Crippen LogP) is 4.46. The lowest BCUT2D eigenvalue weighted by Gasteiger charge is -2.15. The fourth-order valence-electron chi connectivity index (χ4n) is 1.41. The summed E-state index contributed by atoms with van der Waals surface area (Å²) in [5.41, 5.74) is -0.926. The van der Waals surface area contributed by atoms with E-state index < -0.39 is 17.6 Å². The molecule has 2 nitrogen and oxygen atoms in total. The predicted molar refractivity (Wildman–Crippen MR) is 76.0 cm³/mol. The molecule has 0 aromatic heterocycles. The van der Waals surface area contributed by atoms with E-state index in [1.54, 1.807) is 0 Å². The van der Waals surface area contributed by atoms with Gasteiger partial charge in [0.2, 0.25) is 0 Å². The van der Waals surface area contributed by atoms with Crippen molar-refractivity contribution in [2.75, 3.05) is 6.54 Å². The Labute approximate surface area is 128 Å². The quantitative estimate of drug-likeness (QED) is 0.777. The highest BCUT2D eigenvalue weighted by Gasteiger charge is 2.33. The third-order valence-electron chi connectivity index (χ3n) is 2.71. The topological polar surface area (TPSA) is 29.1 Å². The summed E-state index contributed by atoms with van der Waals surface area (Å²) in [6.07, 6.45) is -4.51. The minimum atomic E-state index is -4.51. The van der Waals surface area contributed by atoms with Gasteiger partial charge in [-0.1, -0.05) is 29.8 Å². The van der Waals surface area contributed by atoms with Crippen LogP contribution in [0, 0.1) is 5.92 Å². The van der Waals surface area contributed by atoms with Gasteiger partial charge in [0.05, 0.1) is 10.9 Å². The highest BCUT2D eigenvalue weighted by Crippen LogP contribution is 2.35. The maximum absolute atomic E-state index is 12.7. The first kappa shape index (κ1) is 17.3. The van der Waals surface area contributed by atoms with Crippen LogP contribution in [0.25, 0.3) is 0 Å². The Balaban J connectivity index is 2.85. The molecule has 0 radical (unpaired) electrons. The van der Waals surface area contributed by atoms with Gasteiger partial charge in [-0.25, -0.2) is 0 Å². The number of halogens is 5. The summed E-state index contributed by atoms with van der Waals surface area (Å²) in [7, 11) is 0. The molecule has 0 heterocycles. The molecule has 20 heavy (non-hydrogen) atoms. The largest absolute Gasteiger partial charge is 0.417 e. The van der Waals surface area contributed by atoms with Crippen molar-refractivity contribution in [3.05, 3.63) is 33.8 Å². The second-order valence-corrected chi connectivity index (χ2v) is 6.08. The number of benzene rings is 1. The molecular formula is C13H14BrClF3NO. The lowest BCUT2D eigenvalue weighted by Crippen LogP contribution is -2.32. The lowest BCUT2D eigenvalue weighted by molar-refractivity contribution is -0.138. The molecule has 0 saturated carbocycles. The van der Waals surface area contributed by atoms with Crippen molar-refractivity contribution < 1.29 is 18.0 Å². The molecular weight excluding hydrogens is 358 g/mol. The van der Waals surface area contributed by atoms with Crippen molar-refractivity contribution >= 4 is 33.4 Å². The average molecular weight is 373 g/mol. The summed E-state index contributed by atoms with van der Waals surface area (Å²) in [5, 5.41) is 2.26. The fraction of sp³-hybridized carbons (Fsp3) is 0.462. The van der Waals surface area contributed by atoms with Gasteiger partial charge in [0.1, 0.15) is 0 Å². The molecule has 1 N–H and O–H groups in total. The molecule has 0 spiro atoms. The summed E-state index contributed by atoms with van der Waals surface area (Å²) < 4.78 is 38.1. The Morgan fingerprint density at radius 2 is 2.00 bits per heavy atom. The monoisotopic (exact) mass is 371 g/mol. The molecule has 0 saturated heterocycles. The normalized spacial score (nSPS) is 13.4. The first-order chi connectivity index (χ1) is 9.12. The highest BCUT2D eigenvalue weighted by atomic mass is 79.9. The molecule has 1 aromatic rings. The van der Waals surface area contributed by atoms with Crippen LogP contribution in [0.2, 0.25) is 0 Å². The third kappa shape index (κ3) is 4.66. The van der Waals surface area contributed by atoms with E-state index in [1.807, 2.05) is 13.8 Å². The van der Waals surface area contributed by atoms with Crippen molar-refractivity contribution in [3.8, 4) is 0 Å². The number of nitrogens with one attached hydrogen (secondary N) is 1. The summed E-state index contributed by atoms with van der Waals surface area (Å²) in [4.78, 5) is 11.8. The van der Waals surface area contributed by atoms with Crippen molar-refractivity contribution in [3.63, 3.8) is 0 Å². The van der Waals surface area contributed by atoms with Crippen molar-refractivity contribution in [1.82, 2.24) is 5.32 Å². The zero-order chi connectivity index (χ0) is 15.5. The summed E-state index contributed by atoms with van der Waals surface area (Å²) >= 11 is 8.80. The van der Waals surface area contributed by atoms with Crippen LogP contribution in [-0.2, 0) is 6.18 Å². The van der Waals surface area contributed by atoms with E-state index in [9.17, 15) is 18.0 Å². The molecule has 1 amide bonds. The van der Waals surface area contributed by atoms with E-state index in [0.29, 0.717) is 0 Å². The number of hydrogen-bond acceptors (Lipinski definition) is 1. The molecule has 0 fully saturated rings. The SMILES string of the molecule is CC(C)C(Cl)CNC(=O)c1ccc(Br)c(C(F)(F)F)c1. The zero-order valence-electron chi connectivity index (χ0n) is 10.9. The van der Waals surface area contributed by atoms with Gasteiger partial charge in [0.25, 0.3) is 5.91 Å². The van der Waals surface area contributed by atoms with Gasteiger partial charge in [0.15, 0.2) is 0 Å². The highest BCUT2D eigenvalue weighted by molar-refractivity contribution is 9.10. The smallest absolute Gasteiger partial charge is 0.351 e. The average Bonchev–Trinajstić information content (AvgIpc) is 2.34. The maximum Gasteiger partial charge on any atom is 0.417 e. The Hall–Kier alpha value is -0.750. The third-order valence-corrected chi connectivity index (χ3v) is 4.06. The van der Waals surface area contributed by atoms with E-state index in [0.717, 1.165) is 6.07 Å². The number of hydrogen-bond donors (Lipinski definition) is 1. The van der Waals surface area contributed by atoms with Crippen molar-refractivity contribution in [2.24, 2.45) is 5.92 Å². The number of amides is 1. The molecule has 1 aromatic carbocycles. The van der Waals surface area contributed by atoms with E-state index in [-0.39, 0.29) is 27.9 Å². The molecule has 1 unspecified atom stereocenters. The first-order valence-corrected chi connectivity index (χ1v) is 7.15. The van der Waals surface area contributed by atoms with Crippen LogP contribution < -0.4 is 5.32 Å². The van der Waals surface area contributed by atoms with Crippen LogP contribution in [0.4, 0.5) is 13.2 Å². The Morgan fingerprint density at radius 3 is 2.50 bits per heavy atom. The Bertz CT molecular complexity index is 491. The Morgan fingerprint density at radius 1 is 1.40 bits per heavy atom. The number of rotatable bonds is 4.